The van der Waals surface area contributed by atoms with Gasteiger partial charge in [0, 0.05) is 0 Å². The Balaban J connectivity index is 1.97. The lowest BCUT2D eigenvalue weighted by molar-refractivity contribution is -0.109. The molecule has 2 rings (SSSR count). The molecule has 5 unspecified atom stereocenters. The van der Waals surface area contributed by atoms with Gasteiger partial charge in [-0.3, -0.25) is 0 Å². The Morgan fingerprint density at radius 2 is 1.79 bits per heavy atom. The number of hydrogen-bond donors (Lipinski definition) is 1. The highest BCUT2D eigenvalue weighted by Crippen LogP contribution is 2.38. The van der Waals surface area contributed by atoms with Crippen molar-refractivity contribution in [2.75, 3.05) is 6.54 Å². The molecule has 0 aromatic rings. The van der Waals surface area contributed by atoms with Crippen molar-refractivity contribution >= 4 is 0 Å². The number of ether oxygens (including phenoxy) is 1. The van der Waals surface area contributed by atoms with Crippen LogP contribution < -0.4 is 5.73 Å². The van der Waals surface area contributed by atoms with Crippen molar-refractivity contribution in [2.24, 2.45) is 29.4 Å². The number of rotatable bonds is 4. The van der Waals surface area contributed by atoms with Crippen LogP contribution in [0.5, 0.6) is 0 Å². The van der Waals surface area contributed by atoms with E-state index in [-0.39, 0.29) is 0 Å². The van der Waals surface area contributed by atoms with Crippen LogP contribution in [-0.2, 0) is 4.74 Å². The Labute approximate surface area is 119 Å². The lowest BCUT2D eigenvalue weighted by Crippen LogP contribution is -2.41. The molecule has 2 saturated carbocycles. The lowest BCUT2D eigenvalue weighted by atomic mass is 9.75. The normalized spacial score (nSPS) is 40.6. The van der Waals surface area contributed by atoms with Crippen LogP contribution >= 0.6 is 0 Å². The van der Waals surface area contributed by atoms with E-state index >= 15 is 0 Å². The third-order valence-corrected chi connectivity index (χ3v) is 5.45. The summed E-state index contributed by atoms with van der Waals surface area (Å²) in [6.07, 6.45) is 10.1. The Kier molecular flexibility index (Phi) is 5.70. The number of nitrogens with two attached hydrogens (primary N) is 1. The summed E-state index contributed by atoms with van der Waals surface area (Å²) >= 11 is 0. The Bertz CT molecular complexity index is 266. The van der Waals surface area contributed by atoms with Crippen molar-refractivity contribution in [3.05, 3.63) is 0 Å². The van der Waals surface area contributed by atoms with Gasteiger partial charge in [0.25, 0.3) is 0 Å². The summed E-state index contributed by atoms with van der Waals surface area (Å²) in [6.45, 7) is 7.91. The second-order valence-corrected chi connectivity index (χ2v) is 7.32. The van der Waals surface area contributed by atoms with Crippen molar-refractivity contribution in [3.63, 3.8) is 0 Å². The zero-order valence-electron chi connectivity index (χ0n) is 13.1. The summed E-state index contributed by atoms with van der Waals surface area (Å²) in [7, 11) is 0. The van der Waals surface area contributed by atoms with Crippen LogP contribution in [0.4, 0.5) is 0 Å². The monoisotopic (exact) mass is 267 g/mol. The van der Waals surface area contributed by atoms with E-state index in [1.165, 1.54) is 44.9 Å². The van der Waals surface area contributed by atoms with Crippen LogP contribution in [0.3, 0.4) is 0 Å². The third kappa shape index (κ3) is 3.95. The van der Waals surface area contributed by atoms with E-state index in [9.17, 15) is 0 Å². The van der Waals surface area contributed by atoms with E-state index in [0.717, 1.165) is 24.3 Å². The Hall–Kier alpha value is -0.0800. The zero-order chi connectivity index (χ0) is 13.8. The van der Waals surface area contributed by atoms with Crippen LogP contribution in [-0.4, -0.2) is 18.8 Å². The van der Waals surface area contributed by atoms with Gasteiger partial charge in [-0.2, -0.15) is 0 Å². The van der Waals surface area contributed by atoms with Gasteiger partial charge in [0.1, 0.15) is 0 Å². The summed E-state index contributed by atoms with van der Waals surface area (Å²) in [5, 5.41) is 0. The van der Waals surface area contributed by atoms with Crippen LogP contribution in [0.25, 0.3) is 0 Å². The first-order valence-corrected chi connectivity index (χ1v) is 8.47. The van der Waals surface area contributed by atoms with E-state index in [4.69, 9.17) is 10.5 Å². The van der Waals surface area contributed by atoms with Gasteiger partial charge in [-0.15, -0.1) is 0 Å². The summed E-state index contributed by atoms with van der Waals surface area (Å²) in [6, 6.07) is 0. The maximum Gasteiger partial charge on any atom is 0.0619 e. The van der Waals surface area contributed by atoms with Gasteiger partial charge < -0.3 is 10.5 Å². The molecule has 0 aromatic heterocycles. The summed E-state index contributed by atoms with van der Waals surface area (Å²) in [4.78, 5) is 0. The second kappa shape index (κ2) is 7.08. The molecule has 0 heterocycles. The number of hydrogen-bond acceptors (Lipinski definition) is 2. The molecular formula is C17H33NO. The summed E-state index contributed by atoms with van der Waals surface area (Å²) < 4.78 is 6.60. The summed E-state index contributed by atoms with van der Waals surface area (Å²) in [5.74, 6) is 2.95. The maximum atomic E-state index is 6.60. The topological polar surface area (TPSA) is 35.2 Å². The van der Waals surface area contributed by atoms with E-state index in [1.807, 2.05) is 0 Å². The molecule has 0 amide bonds. The zero-order valence-corrected chi connectivity index (χ0v) is 13.1. The van der Waals surface area contributed by atoms with Gasteiger partial charge in [-0.05, 0) is 55.9 Å². The predicted molar refractivity (Wildman–Crippen MR) is 81.0 cm³/mol. The minimum Gasteiger partial charge on any atom is -0.374 e. The molecule has 2 aliphatic carbocycles. The molecule has 0 saturated heterocycles. The molecule has 5 atom stereocenters. The fourth-order valence-electron chi connectivity index (χ4n) is 4.12. The Morgan fingerprint density at radius 3 is 2.47 bits per heavy atom. The van der Waals surface area contributed by atoms with Gasteiger partial charge in [-0.1, -0.05) is 40.0 Å². The van der Waals surface area contributed by atoms with Crippen LogP contribution in [0.2, 0.25) is 0 Å². The largest absolute Gasteiger partial charge is 0.374 e. The van der Waals surface area contributed by atoms with Crippen molar-refractivity contribution in [1.82, 2.24) is 0 Å². The smallest absolute Gasteiger partial charge is 0.0619 e. The molecule has 112 valence electrons. The first-order valence-electron chi connectivity index (χ1n) is 8.47. The molecule has 2 aliphatic rings. The predicted octanol–water partition coefficient (Wildman–Crippen LogP) is 3.98. The highest BCUT2D eigenvalue weighted by molar-refractivity contribution is 4.85. The molecule has 2 heteroatoms. The van der Waals surface area contributed by atoms with Gasteiger partial charge in [0.2, 0.25) is 0 Å². The fourth-order valence-corrected chi connectivity index (χ4v) is 4.12. The molecule has 0 aromatic carbocycles. The minimum absolute atomic E-state index is 0.440. The van der Waals surface area contributed by atoms with Crippen molar-refractivity contribution in [3.8, 4) is 0 Å². The minimum atomic E-state index is 0.440. The molecular weight excluding hydrogens is 234 g/mol. The van der Waals surface area contributed by atoms with Crippen LogP contribution in [0.15, 0.2) is 0 Å². The summed E-state index contributed by atoms with van der Waals surface area (Å²) in [5.41, 5.74) is 5.94. The third-order valence-electron chi connectivity index (χ3n) is 5.45. The van der Waals surface area contributed by atoms with Crippen molar-refractivity contribution < 1.29 is 4.74 Å². The average molecular weight is 267 g/mol. The molecule has 2 N–H and O–H groups in total. The highest BCUT2D eigenvalue weighted by Gasteiger charge is 2.35. The molecule has 0 spiro atoms. The lowest BCUT2D eigenvalue weighted by Gasteiger charge is -2.41. The fraction of sp³-hybridized carbons (Fsp3) is 1.00. The standard InChI is InChI=1S/C17H33NO/c1-12(2)15-9-8-13(3)10-17(15)19-16-7-5-4-6-14(16)11-18/h12-17H,4-11,18H2,1-3H3. The van der Waals surface area contributed by atoms with Gasteiger partial charge in [0.05, 0.1) is 12.2 Å². The van der Waals surface area contributed by atoms with Gasteiger partial charge in [0.15, 0.2) is 0 Å². The molecule has 2 fully saturated rings. The first-order chi connectivity index (χ1) is 9.11. The van der Waals surface area contributed by atoms with Crippen molar-refractivity contribution in [2.45, 2.75) is 77.9 Å². The van der Waals surface area contributed by atoms with E-state index < -0.39 is 0 Å². The Morgan fingerprint density at radius 1 is 1.05 bits per heavy atom. The molecule has 2 nitrogen and oxygen atoms in total. The molecule has 0 bridgehead atoms. The maximum absolute atomic E-state index is 6.60. The van der Waals surface area contributed by atoms with Gasteiger partial charge >= 0.3 is 0 Å². The first kappa shape index (κ1) is 15.3. The quantitative estimate of drug-likeness (QED) is 0.836. The van der Waals surface area contributed by atoms with E-state index in [1.54, 1.807) is 0 Å². The van der Waals surface area contributed by atoms with E-state index in [2.05, 4.69) is 20.8 Å². The van der Waals surface area contributed by atoms with Gasteiger partial charge in [-0.25, -0.2) is 0 Å². The second-order valence-electron chi connectivity index (χ2n) is 7.32. The van der Waals surface area contributed by atoms with Crippen molar-refractivity contribution in [1.29, 1.82) is 0 Å². The van der Waals surface area contributed by atoms with E-state index in [0.29, 0.717) is 18.1 Å². The highest BCUT2D eigenvalue weighted by atomic mass is 16.5. The molecule has 0 radical (unpaired) electrons. The SMILES string of the molecule is CC1CCC(C(C)C)C(OC2CCCCC2CN)C1. The van der Waals surface area contributed by atoms with Crippen LogP contribution in [0.1, 0.15) is 65.7 Å². The molecule has 0 aliphatic heterocycles. The molecule has 19 heavy (non-hydrogen) atoms. The average Bonchev–Trinajstić information content (AvgIpc) is 2.39. The van der Waals surface area contributed by atoms with Crippen LogP contribution in [0, 0.1) is 23.7 Å².